The van der Waals surface area contributed by atoms with Crippen molar-refractivity contribution < 1.29 is 9.90 Å². The van der Waals surface area contributed by atoms with Gasteiger partial charge >= 0.3 is 6.09 Å². The van der Waals surface area contributed by atoms with Crippen molar-refractivity contribution in [3.8, 4) is 0 Å². The molecule has 80 valence electrons. The Morgan fingerprint density at radius 1 is 1.80 bits per heavy atom. The van der Waals surface area contributed by atoms with E-state index in [1.54, 1.807) is 0 Å². The fourth-order valence-corrected chi connectivity index (χ4v) is 2.48. The summed E-state index contributed by atoms with van der Waals surface area (Å²) in [5, 5.41) is 10.8. The molecule has 1 aliphatic rings. The van der Waals surface area contributed by atoms with Crippen LogP contribution in [0.5, 0.6) is 0 Å². The molecular weight excluding hydrogens is 232 g/mol. The maximum atomic E-state index is 10.9. The van der Waals surface area contributed by atoms with Gasteiger partial charge in [-0.3, -0.25) is 4.90 Å². The number of thiazole rings is 1. The molecule has 6 heteroatoms. The second-order valence-corrected chi connectivity index (χ2v) is 4.87. The highest BCUT2D eigenvalue weighted by molar-refractivity contribution is 7.82. The average molecular weight is 242 g/mol. The van der Waals surface area contributed by atoms with Crippen LogP contribution < -0.4 is 0 Å². The van der Waals surface area contributed by atoms with Gasteiger partial charge < -0.3 is 5.11 Å². The van der Waals surface area contributed by atoms with Gasteiger partial charge in [0.1, 0.15) is 4.34 Å². The third-order valence-electron chi connectivity index (χ3n) is 2.46. The van der Waals surface area contributed by atoms with E-state index in [0.29, 0.717) is 10.9 Å². The molecule has 0 unspecified atom stereocenters. The Kier molecular flexibility index (Phi) is 2.70. The van der Waals surface area contributed by atoms with Crippen molar-refractivity contribution in [2.24, 2.45) is 0 Å². The zero-order valence-electron chi connectivity index (χ0n) is 8.04. The number of carbonyl (C=O) groups is 1. The van der Waals surface area contributed by atoms with E-state index in [0.717, 1.165) is 11.3 Å². The van der Waals surface area contributed by atoms with Crippen LogP contribution in [0.3, 0.4) is 0 Å². The number of hydrogen-bond acceptors (Lipinski definition) is 4. The molecule has 2 rings (SSSR count). The first kappa shape index (κ1) is 10.5. The van der Waals surface area contributed by atoms with E-state index in [9.17, 15) is 4.79 Å². The smallest absolute Gasteiger partial charge is 0.408 e. The number of thiol groups is 1. The fourth-order valence-electron chi connectivity index (χ4n) is 1.65. The molecule has 0 aromatic carbocycles. The molecule has 0 aliphatic carbocycles. The van der Waals surface area contributed by atoms with Crippen molar-refractivity contribution in [3.63, 3.8) is 0 Å². The number of amides is 1. The topological polar surface area (TPSA) is 53.4 Å². The summed E-state index contributed by atoms with van der Waals surface area (Å²) >= 11 is 5.59. The minimum Gasteiger partial charge on any atom is -0.465 e. The molecule has 0 bridgehead atoms. The van der Waals surface area contributed by atoms with Crippen LogP contribution in [0, 0.1) is 0 Å². The maximum Gasteiger partial charge on any atom is 0.408 e. The summed E-state index contributed by atoms with van der Waals surface area (Å²) in [6.45, 7) is 2.30. The van der Waals surface area contributed by atoms with Crippen molar-refractivity contribution in [2.75, 3.05) is 6.54 Å². The normalized spacial score (nSPS) is 20.5. The minimum atomic E-state index is -0.893. The number of aromatic nitrogens is 1. The van der Waals surface area contributed by atoms with Gasteiger partial charge in [-0.05, 0) is 12.5 Å². The largest absolute Gasteiger partial charge is 0.465 e. The van der Waals surface area contributed by atoms with Gasteiger partial charge in [0.2, 0.25) is 0 Å². The zero-order valence-corrected chi connectivity index (χ0v) is 9.76. The molecule has 0 radical (unpaired) electrons. The van der Waals surface area contributed by atoms with E-state index < -0.39 is 6.09 Å². The fraction of sp³-hybridized carbons (Fsp3) is 0.333. The summed E-state index contributed by atoms with van der Waals surface area (Å²) in [5.74, 6) is 0. The number of hydrogen-bond donors (Lipinski definition) is 2. The molecular formula is C9H10N2O2S2. The van der Waals surface area contributed by atoms with Crippen LogP contribution in [-0.4, -0.2) is 33.7 Å². The lowest BCUT2D eigenvalue weighted by atomic mass is 10.1. The summed E-state index contributed by atoms with van der Waals surface area (Å²) in [5.41, 5.74) is 1.80. The molecule has 0 saturated heterocycles. The average Bonchev–Trinajstić information content (AvgIpc) is 2.71. The van der Waals surface area contributed by atoms with Crippen molar-refractivity contribution in [1.29, 1.82) is 0 Å². The molecule has 4 nitrogen and oxygen atoms in total. The Morgan fingerprint density at radius 2 is 2.53 bits per heavy atom. The number of rotatable bonds is 1. The number of nitrogens with zero attached hydrogens (tertiary/aromatic N) is 2. The van der Waals surface area contributed by atoms with Crippen molar-refractivity contribution in [2.45, 2.75) is 17.3 Å². The third-order valence-corrected chi connectivity index (χ3v) is 3.52. The second-order valence-electron chi connectivity index (χ2n) is 3.29. The third kappa shape index (κ3) is 1.87. The van der Waals surface area contributed by atoms with Gasteiger partial charge in [0.15, 0.2) is 0 Å². The van der Waals surface area contributed by atoms with E-state index in [1.807, 2.05) is 18.4 Å². The summed E-state index contributed by atoms with van der Waals surface area (Å²) < 4.78 is 0.701. The summed E-state index contributed by atoms with van der Waals surface area (Å²) in [6.07, 6.45) is 1.01. The van der Waals surface area contributed by atoms with E-state index in [1.165, 1.54) is 16.2 Å². The van der Waals surface area contributed by atoms with Crippen molar-refractivity contribution >= 4 is 35.6 Å². The molecule has 0 saturated carbocycles. The molecule has 1 aromatic heterocycles. The highest BCUT2D eigenvalue weighted by Crippen LogP contribution is 2.29. The van der Waals surface area contributed by atoms with Crippen LogP contribution in [0.4, 0.5) is 4.79 Å². The lowest BCUT2D eigenvalue weighted by molar-refractivity contribution is 0.147. The lowest BCUT2D eigenvalue weighted by Crippen LogP contribution is -2.33. The first-order valence-electron chi connectivity index (χ1n) is 4.44. The van der Waals surface area contributed by atoms with Gasteiger partial charge in [-0.1, -0.05) is 6.08 Å². The summed E-state index contributed by atoms with van der Waals surface area (Å²) in [4.78, 5) is 16.5. The predicted octanol–water partition coefficient (Wildman–Crippen LogP) is 2.20. The Balaban J connectivity index is 2.23. The summed E-state index contributed by atoms with van der Waals surface area (Å²) in [6, 6.07) is -0.127. The molecule has 0 spiro atoms. The molecule has 2 heterocycles. The molecule has 15 heavy (non-hydrogen) atoms. The van der Waals surface area contributed by atoms with Crippen LogP contribution in [0.2, 0.25) is 0 Å². The van der Waals surface area contributed by atoms with Crippen LogP contribution in [0.1, 0.15) is 12.6 Å². The van der Waals surface area contributed by atoms with Crippen molar-refractivity contribution in [1.82, 2.24) is 9.88 Å². The van der Waals surface area contributed by atoms with Crippen LogP contribution >= 0.6 is 24.0 Å². The van der Waals surface area contributed by atoms with Crippen LogP contribution in [-0.2, 0) is 0 Å². The Hall–Kier alpha value is -1.01. The highest BCUT2D eigenvalue weighted by atomic mass is 32.2. The molecule has 1 aliphatic heterocycles. The monoisotopic (exact) mass is 242 g/mol. The van der Waals surface area contributed by atoms with E-state index in [4.69, 9.17) is 5.11 Å². The van der Waals surface area contributed by atoms with Crippen LogP contribution in [0.15, 0.2) is 15.8 Å². The zero-order chi connectivity index (χ0) is 11.0. The Morgan fingerprint density at radius 3 is 3.00 bits per heavy atom. The van der Waals surface area contributed by atoms with Gasteiger partial charge in [0.25, 0.3) is 0 Å². The first-order chi connectivity index (χ1) is 7.09. The van der Waals surface area contributed by atoms with Crippen LogP contribution in [0.25, 0.3) is 5.57 Å². The highest BCUT2D eigenvalue weighted by Gasteiger charge is 2.28. The number of carboxylic acid groups (broad SMARTS) is 1. The van der Waals surface area contributed by atoms with Gasteiger partial charge in [0.05, 0.1) is 11.7 Å². The van der Waals surface area contributed by atoms with E-state index in [-0.39, 0.29) is 6.04 Å². The SMILES string of the molecule is C[C@@H]1C(c2csc(S)n2)=CCN1C(=O)O. The van der Waals surface area contributed by atoms with Gasteiger partial charge in [-0.25, -0.2) is 9.78 Å². The molecule has 1 aromatic rings. The van der Waals surface area contributed by atoms with E-state index in [2.05, 4.69) is 17.6 Å². The Bertz CT molecular complexity index is 428. The van der Waals surface area contributed by atoms with Gasteiger partial charge in [0, 0.05) is 11.9 Å². The second kappa shape index (κ2) is 3.86. The predicted molar refractivity (Wildman–Crippen MR) is 61.5 cm³/mol. The van der Waals surface area contributed by atoms with Gasteiger partial charge in [-0.2, -0.15) is 0 Å². The molecule has 1 atom stereocenters. The Labute approximate surface area is 96.7 Å². The molecule has 1 N–H and O–H groups in total. The first-order valence-corrected chi connectivity index (χ1v) is 5.76. The van der Waals surface area contributed by atoms with Gasteiger partial charge in [-0.15, -0.1) is 24.0 Å². The lowest BCUT2D eigenvalue weighted by Gasteiger charge is -2.19. The minimum absolute atomic E-state index is 0.127. The standard InChI is InChI=1S/C9H10N2O2S2/c1-5-6(2-3-11(5)9(12)13)7-4-15-8(14)10-7/h2,4-5H,3H2,1H3,(H,10,14)(H,12,13)/t5-/m1/s1. The van der Waals surface area contributed by atoms with E-state index >= 15 is 0 Å². The summed E-state index contributed by atoms with van der Waals surface area (Å²) in [7, 11) is 0. The molecule has 0 fully saturated rings. The molecule has 1 amide bonds. The maximum absolute atomic E-state index is 10.9. The van der Waals surface area contributed by atoms with Crippen molar-refractivity contribution in [3.05, 3.63) is 17.2 Å². The quantitative estimate of drug-likeness (QED) is 0.742.